The Morgan fingerprint density at radius 3 is 2.79 bits per heavy atom. The first-order valence-corrected chi connectivity index (χ1v) is 13.6. The summed E-state index contributed by atoms with van der Waals surface area (Å²) in [4.78, 5) is 38.3. The first kappa shape index (κ1) is 27.0. The van der Waals surface area contributed by atoms with Crippen LogP contribution in [0.15, 0.2) is 65.8 Å². The molecule has 1 amide bonds. The van der Waals surface area contributed by atoms with E-state index < -0.39 is 6.09 Å². The second-order valence-corrected chi connectivity index (χ2v) is 9.81. The average molecular weight is 568 g/mol. The third-order valence-electron chi connectivity index (χ3n) is 7.02. The highest BCUT2D eigenvalue weighted by atomic mass is 16.6. The molecule has 0 radical (unpaired) electrons. The van der Waals surface area contributed by atoms with Gasteiger partial charge in [-0.25, -0.2) is 14.8 Å². The Balaban J connectivity index is 1.20. The molecule has 3 aromatic heterocycles. The van der Waals surface area contributed by atoms with Gasteiger partial charge in [-0.15, -0.1) is 5.10 Å². The number of imidazole rings is 1. The third-order valence-corrected chi connectivity index (χ3v) is 7.02. The minimum Gasteiger partial charge on any atom is -0.447 e. The molecule has 2 aromatic carbocycles. The maximum atomic E-state index is 13.5. The lowest BCUT2D eigenvalue weighted by molar-refractivity contribution is 0.0850. The maximum Gasteiger partial charge on any atom is 0.411 e. The fraction of sp³-hybridized carbons (Fsp3) is 0.276. The fourth-order valence-electron chi connectivity index (χ4n) is 5.04. The number of rotatable bonds is 9. The number of carbonyl (C=O) groups excluding carboxylic acids is 1. The lowest BCUT2D eigenvalue weighted by Gasteiger charge is -2.14. The van der Waals surface area contributed by atoms with Gasteiger partial charge in [-0.3, -0.25) is 14.7 Å². The number of nitrogens with zero attached hydrogens (tertiary/aromatic N) is 7. The summed E-state index contributed by atoms with van der Waals surface area (Å²) in [7, 11) is 0. The summed E-state index contributed by atoms with van der Waals surface area (Å²) in [6.45, 7) is 4.98. The van der Waals surface area contributed by atoms with E-state index in [2.05, 4.69) is 30.8 Å². The summed E-state index contributed by atoms with van der Waals surface area (Å²) in [5, 5.41) is 14.2. The van der Waals surface area contributed by atoms with Crippen LogP contribution in [-0.2, 0) is 15.9 Å². The molecule has 6 rings (SSSR count). The molecule has 2 N–H and O–H groups in total. The smallest absolute Gasteiger partial charge is 0.411 e. The number of fused-ring (bicyclic) bond motifs is 1. The SMILES string of the molecule is CCOCCOC(=O)Nc1ccc(-c2cnc([C@@H]3CCc4nc(-c5cc(C)ccc5-n5cnnn5)cc(=O)n43)[nH]2)cc1. The highest BCUT2D eigenvalue weighted by molar-refractivity contribution is 5.85. The molecular formula is C29H29N9O4. The minimum atomic E-state index is -0.539. The number of aromatic amines is 1. The van der Waals surface area contributed by atoms with E-state index in [4.69, 9.17) is 14.5 Å². The van der Waals surface area contributed by atoms with Gasteiger partial charge in [0.15, 0.2) is 0 Å². The maximum absolute atomic E-state index is 13.5. The number of aromatic nitrogens is 8. The van der Waals surface area contributed by atoms with E-state index in [1.54, 1.807) is 33.6 Å². The number of anilines is 1. The predicted octanol–water partition coefficient (Wildman–Crippen LogP) is 3.71. The summed E-state index contributed by atoms with van der Waals surface area (Å²) >= 11 is 0. The lowest BCUT2D eigenvalue weighted by atomic mass is 10.1. The highest BCUT2D eigenvalue weighted by Crippen LogP contribution is 2.32. The number of benzene rings is 2. The zero-order chi connectivity index (χ0) is 29.1. The van der Waals surface area contributed by atoms with Crippen molar-refractivity contribution in [3.05, 3.63) is 88.6 Å². The molecule has 0 saturated heterocycles. The number of amides is 1. The summed E-state index contributed by atoms with van der Waals surface area (Å²) in [5.41, 5.74) is 5.28. The molecule has 0 unspecified atom stereocenters. The van der Waals surface area contributed by atoms with Gasteiger partial charge >= 0.3 is 6.09 Å². The standard InChI is InChI=1S/C29H29N9O4/c1-3-41-12-13-42-29(40)32-20-7-5-19(6-8-20)23-16-30-28(34-23)25-10-11-26-33-22(15-27(39)38(25)26)21-14-18(2)4-9-24(21)37-17-31-35-36-37/h4-9,14-17,25H,3,10-13H2,1-2H3,(H,30,34)(H,32,40)/t25-/m0/s1. The van der Waals surface area contributed by atoms with Gasteiger partial charge in [0.25, 0.3) is 5.56 Å². The molecule has 1 aliphatic heterocycles. The Kier molecular flexibility index (Phi) is 7.56. The van der Waals surface area contributed by atoms with E-state index in [1.165, 1.54) is 6.33 Å². The molecule has 5 aromatic rings. The molecule has 214 valence electrons. The van der Waals surface area contributed by atoms with Crippen LogP contribution in [-0.4, -0.2) is 65.6 Å². The van der Waals surface area contributed by atoms with Crippen molar-refractivity contribution in [1.29, 1.82) is 0 Å². The van der Waals surface area contributed by atoms with E-state index in [1.807, 2.05) is 44.2 Å². The van der Waals surface area contributed by atoms with Crippen molar-refractivity contribution in [2.24, 2.45) is 0 Å². The molecule has 13 heteroatoms. The minimum absolute atomic E-state index is 0.150. The summed E-state index contributed by atoms with van der Waals surface area (Å²) in [6.07, 6.45) is 4.05. The molecule has 42 heavy (non-hydrogen) atoms. The van der Waals surface area contributed by atoms with Crippen molar-refractivity contribution in [3.63, 3.8) is 0 Å². The van der Waals surface area contributed by atoms with Gasteiger partial charge in [-0.05, 0) is 60.5 Å². The van der Waals surface area contributed by atoms with Crippen molar-refractivity contribution in [2.75, 3.05) is 25.1 Å². The molecule has 4 heterocycles. The number of nitrogens with one attached hydrogen (secondary N) is 2. The Hall–Kier alpha value is -5.17. The van der Waals surface area contributed by atoms with Crippen LogP contribution in [0.2, 0.25) is 0 Å². The van der Waals surface area contributed by atoms with E-state index in [-0.39, 0.29) is 18.2 Å². The normalized spacial score (nSPS) is 14.1. The van der Waals surface area contributed by atoms with Crippen LogP contribution in [0.4, 0.5) is 10.5 Å². The van der Waals surface area contributed by atoms with Crippen LogP contribution in [0.1, 0.15) is 36.6 Å². The first-order valence-electron chi connectivity index (χ1n) is 13.6. The van der Waals surface area contributed by atoms with Crippen molar-refractivity contribution >= 4 is 11.8 Å². The molecule has 0 fully saturated rings. The lowest BCUT2D eigenvalue weighted by Crippen LogP contribution is -2.25. The van der Waals surface area contributed by atoms with Gasteiger partial charge in [0.2, 0.25) is 0 Å². The Morgan fingerprint density at radius 2 is 2.00 bits per heavy atom. The van der Waals surface area contributed by atoms with Crippen molar-refractivity contribution in [2.45, 2.75) is 32.7 Å². The van der Waals surface area contributed by atoms with Crippen molar-refractivity contribution in [3.8, 4) is 28.2 Å². The molecule has 0 bridgehead atoms. The van der Waals surface area contributed by atoms with E-state index in [9.17, 15) is 9.59 Å². The average Bonchev–Trinajstić information content (AvgIpc) is 3.77. The first-order chi connectivity index (χ1) is 20.5. The topological polar surface area (TPSA) is 155 Å². The van der Waals surface area contributed by atoms with Crippen molar-refractivity contribution < 1.29 is 14.3 Å². The zero-order valence-electron chi connectivity index (χ0n) is 23.1. The quantitative estimate of drug-likeness (QED) is 0.254. The van der Waals surface area contributed by atoms with Gasteiger partial charge in [0.1, 0.15) is 24.6 Å². The van der Waals surface area contributed by atoms with Crippen molar-refractivity contribution in [1.82, 2.24) is 39.7 Å². The highest BCUT2D eigenvalue weighted by Gasteiger charge is 2.29. The summed E-state index contributed by atoms with van der Waals surface area (Å²) in [5.74, 6) is 1.39. The van der Waals surface area contributed by atoms with Gasteiger partial charge in [0, 0.05) is 30.3 Å². The Labute approximate surface area is 240 Å². The summed E-state index contributed by atoms with van der Waals surface area (Å²) in [6, 6.07) is 14.5. The largest absolute Gasteiger partial charge is 0.447 e. The van der Waals surface area contributed by atoms with E-state index in [0.717, 1.165) is 28.1 Å². The third kappa shape index (κ3) is 5.54. The second-order valence-electron chi connectivity index (χ2n) is 9.81. The van der Waals surface area contributed by atoms with Crippen LogP contribution in [0.25, 0.3) is 28.2 Å². The van der Waals surface area contributed by atoms with Gasteiger partial charge in [0.05, 0.1) is 35.9 Å². The molecule has 0 aliphatic carbocycles. The number of hydrogen-bond acceptors (Lipinski definition) is 9. The Bertz CT molecular complexity index is 1760. The van der Waals surface area contributed by atoms with E-state index >= 15 is 0 Å². The monoisotopic (exact) mass is 567 g/mol. The number of hydrogen-bond donors (Lipinski definition) is 2. The van der Waals surface area contributed by atoms with Crippen LogP contribution in [0.3, 0.4) is 0 Å². The number of ether oxygens (including phenoxy) is 2. The number of H-pyrrole nitrogens is 1. The molecule has 13 nitrogen and oxygen atoms in total. The van der Waals surface area contributed by atoms with Crippen LogP contribution >= 0.6 is 0 Å². The number of aryl methyl sites for hydroxylation is 2. The van der Waals surface area contributed by atoms with E-state index in [0.29, 0.717) is 49.1 Å². The molecule has 0 spiro atoms. The second kappa shape index (κ2) is 11.7. The predicted molar refractivity (Wildman–Crippen MR) is 153 cm³/mol. The molecule has 1 aliphatic rings. The molecule has 0 saturated carbocycles. The Morgan fingerprint density at radius 1 is 1.14 bits per heavy atom. The van der Waals surface area contributed by atoms with Gasteiger partial charge in [-0.1, -0.05) is 23.8 Å². The number of tetrazole rings is 1. The summed E-state index contributed by atoms with van der Waals surface area (Å²) < 4.78 is 13.5. The number of carbonyl (C=O) groups is 1. The molecular weight excluding hydrogens is 538 g/mol. The van der Waals surface area contributed by atoms with Crippen LogP contribution < -0.4 is 10.9 Å². The van der Waals surface area contributed by atoms with Gasteiger partial charge < -0.3 is 14.5 Å². The zero-order valence-corrected chi connectivity index (χ0v) is 23.1. The molecule has 1 atom stereocenters. The van der Waals surface area contributed by atoms with Crippen LogP contribution in [0, 0.1) is 6.92 Å². The van der Waals surface area contributed by atoms with Crippen LogP contribution in [0.5, 0.6) is 0 Å². The van der Waals surface area contributed by atoms with Gasteiger partial charge in [-0.2, -0.15) is 4.68 Å². The fourth-order valence-corrected chi connectivity index (χ4v) is 5.04.